The standard InChI is InChI=1S/C26H33N3O2/c30-25(21-11-5-6-12-21)28-22-13-14-24(29-17-7-2-8-18-29)23(19-22)26(31)27-16-15-20-9-3-1-4-10-20/h1,3-4,9-10,13-14,19,21H,2,5-8,11-12,15-18H2,(H,27,31)(H,28,30). The summed E-state index contributed by atoms with van der Waals surface area (Å²) >= 11 is 0. The first-order chi connectivity index (χ1) is 15.2. The van der Waals surface area contributed by atoms with Crippen molar-refractivity contribution in [3.63, 3.8) is 0 Å². The van der Waals surface area contributed by atoms with Crippen molar-refractivity contribution in [3.05, 3.63) is 59.7 Å². The highest BCUT2D eigenvalue weighted by molar-refractivity contribution is 6.02. The molecule has 2 amide bonds. The van der Waals surface area contributed by atoms with Gasteiger partial charge in [-0.15, -0.1) is 0 Å². The van der Waals surface area contributed by atoms with Crippen LogP contribution in [0.5, 0.6) is 0 Å². The lowest BCUT2D eigenvalue weighted by Crippen LogP contribution is -2.33. The van der Waals surface area contributed by atoms with Gasteiger partial charge in [0.15, 0.2) is 0 Å². The molecule has 5 nitrogen and oxygen atoms in total. The lowest BCUT2D eigenvalue weighted by atomic mass is 10.0. The van der Waals surface area contributed by atoms with Crippen LogP contribution in [0.1, 0.15) is 60.9 Å². The van der Waals surface area contributed by atoms with Gasteiger partial charge in [-0.25, -0.2) is 0 Å². The zero-order valence-corrected chi connectivity index (χ0v) is 18.2. The molecule has 2 aliphatic rings. The molecular weight excluding hydrogens is 386 g/mol. The van der Waals surface area contributed by atoms with Crippen molar-refractivity contribution in [2.45, 2.75) is 51.4 Å². The molecule has 0 unspecified atom stereocenters. The first-order valence-electron chi connectivity index (χ1n) is 11.7. The molecule has 1 saturated carbocycles. The van der Waals surface area contributed by atoms with Crippen LogP contribution in [0, 0.1) is 5.92 Å². The molecule has 0 atom stereocenters. The highest BCUT2D eigenvalue weighted by Crippen LogP contribution is 2.29. The van der Waals surface area contributed by atoms with Crippen LogP contribution in [0.4, 0.5) is 11.4 Å². The van der Waals surface area contributed by atoms with Crippen LogP contribution in [0.25, 0.3) is 0 Å². The van der Waals surface area contributed by atoms with Gasteiger partial charge in [0.25, 0.3) is 5.91 Å². The monoisotopic (exact) mass is 419 g/mol. The highest BCUT2D eigenvalue weighted by atomic mass is 16.2. The molecule has 2 aromatic carbocycles. The van der Waals surface area contributed by atoms with Crippen LogP contribution in [0.3, 0.4) is 0 Å². The summed E-state index contributed by atoms with van der Waals surface area (Å²) < 4.78 is 0. The maximum atomic E-state index is 13.1. The van der Waals surface area contributed by atoms with Crippen LogP contribution in [0.15, 0.2) is 48.5 Å². The van der Waals surface area contributed by atoms with Gasteiger partial charge < -0.3 is 15.5 Å². The van der Waals surface area contributed by atoms with Gasteiger partial charge in [-0.1, -0.05) is 43.2 Å². The Morgan fingerprint density at radius 1 is 0.903 bits per heavy atom. The Kier molecular flexibility index (Phi) is 7.23. The van der Waals surface area contributed by atoms with Crippen LogP contribution >= 0.6 is 0 Å². The van der Waals surface area contributed by atoms with Crippen molar-refractivity contribution in [2.24, 2.45) is 5.92 Å². The van der Waals surface area contributed by atoms with Crippen molar-refractivity contribution < 1.29 is 9.59 Å². The molecule has 2 aromatic rings. The number of benzene rings is 2. The van der Waals surface area contributed by atoms with Gasteiger partial charge in [-0.3, -0.25) is 9.59 Å². The Balaban J connectivity index is 1.48. The van der Waals surface area contributed by atoms with E-state index in [1.165, 1.54) is 12.0 Å². The van der Waals surface area contributed by atoms with Crippen molar-refractivity contribution >= 4 is 23.2 Å². The normalized spacial score (nSPS) is 16.8. The molecule has 0 bridgehead atoms. The van der Waals surface area contributed by atoms with Gasteiger partial charge in [0, 0.05) is 36.9 Å². The van der Waals surface area contributed by atoms with Crippen molar-refractivity contribution in [1.82, 2.24) is 5.32 Å². The molecule has 0 aromatic heterocycles. The number of hydrogen-bond acceptors (Lipinski definition) is 3. The second-order valence-corrected chi connectivity index (χ2v) is 8.74. The van der Waals surface area contributed by atoms with Crippen LogP contribution in [-0.4, -0.2) is 31.4 Å². The second-order valence-electron chi connectivity index (χ2n) is 8.74. The topological polar surface area (TPSA) is 61.4 Å². The van der Waals surface area contributed by atoms with E-state index in [9.17, 15) is 9.59 Å². The second kappa shape index (κ2) is 10.5. The number of piperidine rings is 1. The summed E-state index contributed by atoms with van der Waals surface area (Å²) in [5.41, 5.74) is 3.54. The smallest absolute Gasteiger partial charge is 0.253 e. The first kappa shape index (κ1) is 21.4. The fourth-order valence-corrected chi connectivity index (χ4v) is 4.70. The van der Waals surface area contributed by atoms with Gasteiger partial charge in [0.1, 0.15) is 0 Å². The molecule has 0 spiro atoms. The fourth-order valence-electron chi connectivity index (χ4n) is 4.70. The van der Waals surface area contributed by atoms with E-state index in [0.29, 0.717) is 17.8 Å². The average molecular weight is 420 g/mol. The van der Waals surface area contributed by atoms with E-state index in [0.717, 1.165) is 63.7 Å². The zero-order valence-electron chi connectivity index (χ0n) is 18.2. The maximum absolute atomic E-state index is 13.1. The highest BCUT2D eigenvalue weighted by Gasteiger charge is 2.24. The van der Waals surface area contributed by atoms with E-state index < -0.39 is 0 Å². The third kappa shape index (κ3) is 5.66. The molecule has 31 heavy (non-hydrogen) atoms. The SMILES string of the molecule is O=C(NCCc1ccccc1)c1cc(NC(=O)C2CCCC2)ccc1N1CCCCC1. The molecule has 4 rings (SSSR count). The number of anilines is 2. The summed E-state index contributed by atoms with van der Waals surface area (Å²) in [4.78, 5) is 28.0. The summed E-state index contributed by atoms with van der Waals surface area (Å²) in [5.74, 6) is 0.108. The number of nitrogens with one attached hydrogen (secondary N) is 2. The lowest BCUT2D eigenvalue weighted by molar-refractivity contribution is -0.119. The minimum Gasteiger partial charge on any atom is -0.371 e. The van der Waals surface area contributed by atoms with Crippen LogP contribution in [-0.2, 0) is 11.2 Å². The summed E-state index contributed by atoms with van der Waals surface area (Å²) in [6, 6.07) is 16.0. The Bertz CT molecular complexity index is 885. The zero-order chi connectivity index (χ0) is 21.5. The third-order valence-electron chi connectivity index (χ3n) is 6.47. The molecular formula is C26H33N3O2. The quantitative estimate of drug-likeness (QED) is 0.679. The predicted molar refractivity (Wildman–Crippen MR) is 126 cm³/mol. The number of hydrogen-bond donors (Lipinski definition) is 2. The van der Waals surface area contributed by atoms with Crippen molar-refractivity contribution in [3.8, 4) is 0 Å². The number of carbonyl (C=O) groups is 2. The Morgan fingerprint density at radius 2 is 1.65 bits per heavy atom. The van der Waals surface area contributed by atoms with E-state index in [2.05, 4.69) is 27.7 Å². The Labute approximate surface area is 185 Å². The first-order valence-corrected chi connectivity index (χ1v) is 11.7. The van der Waals surface area contributed by atoms with Gasteiger partial charge in [0.05, 0.1) is 5.56 Å². The summed E-state index contributed by atoms with van der Waals surface area (Å²) in [6.07, 6.45) is 8.51. The molecule has 1 aliphatic heterocycles. The molecule has 164 valence electrons. The molecule has 1 aliphatic carbocycles. The van der Waals surface area contributed by atoms with E-state index >= 15 is 0 Å². The van der Waals surface area contributed by atoms with Crippen molar-refractivity contribution in [1.29, 1.82) is 0 Å². The number of carbonyl (C=O) groups excluding carboxylic acids is 2. The van der Waals surface area contributed by atoms with E-state index in [1.807, 2.05) is 36.4 Å². The van der Waals surface area contributed by atoms with Crippen LogP contribution < -0.4 is 15.5 Å². The summed E-state index contributed by atoms with van der Waals surface area (Å²) in [7, 11) is 0. The Hall–Kier alpha value is -2.82. The largest absolute Gasteiger partial charge is 0.371 e. The van der Waals surface area contributed by atoms with Crippen LogP contribution in [0.2, 0.25) is 0 Å². The van der Waals surface area contributed by atoms with Gasteiger partial charge in [-0.2, -0.15) is 0 Å². The number of rotatable bonds is 7. The van der Waals surface area contributed by atoms with Crippen molar-refractivity contribution in [2.75, 3.05) is 29.9 Å². The van der Waals surface area contributed by atoms with E-state index in [1.54, 1.807) is 0 Å². The van der Waals surface area contributed by atoms with E-state index in [-0.39, 0.29) is 17.7 Å². The lowest BCUT2D eigenvalue weighted by Gasteiger charge is -2.30. The van der Waals surface area contributed by atoms with E-state index in [4.69, 9.17) is 0 Å². The molecule has 1 heterocycles. The molecule has 2 N–H and O–H groups in total. The molecule has 0 radical (unpaired) electrons. The average Bonchev–Trinajstić information content (AvgIpc) is 3.35. The number of nitrogens with zero attached hydrogens (tertiary/aromatic N) is 1. The van der Waals surface area contributed by atoms with Gasteiger partial charge in [0.2, 0.25) is 5.91 Å². The minimum atomic E-state index is -0.0755. The maximum Gasteiger partial charge on any atom is 0.253 e. The molecule has 5 heteroatoms. The fraction of sp³-hybridized carbons (Fsp3) is 0.462. The summed E-state index contributed by atoms with van der Waals surface area (Å²) in [5, 5.41) is 6.14. The summed E-state index contributed by atoms with van der Waals surface area (Å²) in [6.45, 7) is 2.52. The molecule has 2 fully saturated rings. The van der Waals surface area contributed by atoms with Gasteiger partial charge in [-0.05, 0) is 62.3 Å². The third-order valence-corrected chi connectivity index (χ3v) is 6.47. The number of amides is 2. The minimum absolute atomic E-state index is 0.0755. The molecule has 1 saturated heterocycles. The Morgan fingerprint density at radius 3 is 2.39 bits per heavy atom. The predicted octanol–water partition coefficient (Wildman–Crippen LogP) is 4.78. The van der Waals surface area contributed by atoms with Gasteiger partial charge >= 0.3 is 0 Å².